The minimum Gasteiger partial charge on any atom is -0.368 e. The van der Waals surface area contributed by atoms with Gasteiger partial charge in [0.05, 0.1) is 0 Å². The molecule has 0 unspecified atom stereocenters. The van der Waals surface area contributed by atoms with Crippen molar-refractivity contribution in [3.63, 3.8) is 0 Å². The van der Waals surface area contributed by atoms with Gasteiger partial charge in [0.2, 0.25) is 5.91 Å². The maximum Gasteiger partial charge on any atom is 0.242 e. The number of rotatable bonds is 2. The van der Waals surface area contributed by atoms with E-state index in [1.54, 1.807) is 13.8 Å². The molecule has 0 fully saturated rings. The molecule has 0 aromatic carbocycles. The first kappa shape index (κ1) is 10.8. The first-order valence-electron chi connectivity index (χ1n) is 4.89. The average Bonchev–Trinajstić information content (AvgIpc) is 2.32. The van der Waals surface area contributed by atoms with Crippen molar-refractivity contribution in [2.24, 2.45) is 10.7 Å². The molecule has 5 nitrogen and oxygen atoms in total. The van der Waals surface area contributed by atoms with Crippen molar-refractivity contribution in [1.29, 1.82) is 0 Å². The molecular formula is C9H18N4O. The number of primary amides is 1. The van der Waals surface area contributed by atoms with Crippen LogP contribution in [0.4, 0.5) is 0 Å². The molecular weight excluding hydrogens is 180 g/mol. The average molecular weight is 198 g/mol. The molecule has 5 heteroatoms. The van der Waals surface area contributed by atoms with Crippen LogP contribution in [0.3, 0.4) is 0 Å². The third kappa shape index (κ3) is 2.90. The molecule has 0 saturated carbocycles. The van der Waals surface area contributed by atoms with E-state index in [-0.39, 0.29) is 5.91 Å². The molecule has 80 valence electrons. The van der Waals surface area contributed by atoms with Crippen molar-refractivity contribution in [1.82, 2.24) is 10.6 Å². The molecule has 1 rings (SSSR count). The standard InChI is InChI=1S/C9H18N4O/c1-9(2,7(10)14)13-8-11-5-3-4-6-12-8/h3-6H2,1-2H3,(H2,10,14)(H2,11,12,13). The summed E-state index contributed by atoms with van der Waals surface area (Å²) in [6.45, 7) is 5.17. The van der Waals surface area contributed by atoms with Crippen molar-refractivity contribution in [2.45, 2.75) is 32.2 Å². The summed E-state index contributed by atoms with van der Waals surface area (Å²) in [7, 11) is 0. The summed E-state index contributed by atoms with van der Waals surface area (Å²) in [5.74, 6) is 0.289. The first-order chi connectivity index (χ1) is 6.52. The van der Waals surface area contributed by atoms with E-state index in [1.807, 2.05) is 0 Å². The predicted molar refractivity (Wildman–Crippen MR) is 55.9 cm³/mol. The van der Waals surface area contributed by atoms with Gasteiger partial charge in [0.15, 0.2) is 5.96 Å². The number of nitrogens with one attached hydrogen (secondary N) is 2. The highest BCUT2D eigenvalue weighted by atomic mass is 16.1. The molecule has 1 aliphatic heterocycles. The van der Waals surface area contributed by atoms with Gasteiger partial charge in [-0.2, -0.15) is 0 Å². The Bertz CT molecular complexity index is 247. The van der Waals surface area contributed by atoms with Crippen LogP contribution in [0.25, 0.3) is 0 Å². The van der Waals surface area contributed by atoms with Crippen molar-refractivity contribution in [2.75, 3.05) is 13.1 Å². The van der Waals surface area contributed by atoms with Crippen LogP contribution in [0.15, 0.2) is 4.99 Å². The van der Waals surface area contributed by atoms with E-state index >= 15 is 0 Å². The number of amides is 1. The van der Waals surface area contributed by atoms with Gasteiger partial charge in [-0.25, -0.2) is 0 Å². The number of hydrogen-bond acceptors (Lipinski definition) is 4. The SMILES string of the molecule is CC(C)(NC1=NCCCCN1)C(N)=O. The van der Waals surface area contributed by atoms with Crippen LogP contribution in [-0.4, -0.2) is 30.5 Å². The smallest absolute Gasteiger partial charge is 0.242 e. The molecule has 1 aliphatic rings. The molecule has 0 spiro atoms. The van der Waals surface area contributed by atoms with E-state index in [9.17, 15) is 4.79 Å². The number of aliphatic imine (C=N–C) groups is 1. The fraction of sp³-hybridized carbons (Fsp3) is 0.778. The lowest BCUT2D eigenvalue weighted by Crippen LogP contribution is -2.56. The van der Waals surface area contributed by atoms with Gasteiger partial charge in [0.1, 0.15) is 5.54 Å². The Kier molecular flexibility index (Phi) is 3.33. The van der Waals surface area contributed by atoms with E-state index in [0.717, 1.165) is 25.9 Å². The van der Waals surface area contributed by atoms with Gasteiger partial charge in [-0.05, 0) is 26.7 Å². The minimum absolute atomic E-state index is 0.383. The van der Waals surface area contributed by atoms with Gasteiger partial charge in [0.25, 0.3) is 0 Å². The molecule has 0 radical (unpaired) electrons. The first-order valence-corrected chi connectivity index (χ1v) is 4.89. The van der Waals surface area contributed by atoms with Crippen molar-refractivity contribution >= 4 is 11.9 Å². The Balaban J connectivity index is 2.57. The van der Waals surface area contributed by atoms with Gasteiger partial charge in [-0.3, -0.25) is 9.79 Å². The monoisotopic (exact) mass is 198 g/mol. The molecule has 0 aromatic heterocycles. The number of hydrogen-bond donors (Lipinski definition) is 3. The van der Waals surface area contributed by atoms with E-state index in [1.165, 1.54) is 0 Å². The second kappa shape index (κ2) is 4.30. The van der Waals surface area contributed by atoms with E-state index in [0.29, 0.717) is 5.96 Å². The van der Waals surface area contributed by atoms with Crippen LogP contribution in [0.1, 0.15) is 26.7 Å². The number of carbonyl (C=O) groups excluding carboxylic acids is 1. The Labute approximate surface area is 84.1 Å². The third-order valence-electron chi connectivity index (χ3n) is 2.19. The third-order valence-corrected chi connectivity index (χ3v) is 2.19. The van der Waals surface area contributed by atoms with Crippen molar-refractivity contribution < 1.29 is 4.79 Å². The van der Waals surface area contributed by atoms with Crippen LogP contribution < -0.4 is 16.4 Å². The molecule has 1 heterocycles. The zero-order valence-electron chi connectivity index (χ0n) is 8.76. The topological polar surface area (TPSA) is 79.5 Å². The zero-order valence-corrected chi connectivity index (χ0v) is 8.76. The number of nitrogens with two attached hydrogens (primary N) is 1. The lowest BCUT2D eigenvalue weighted by atomic mass is 10.1. The Hall–Kier alpha value is -1.26. The lowest BCUT2D eigenvalue weighted by molar-refractivity contribution is -0.122. The second-order valence-corrected chi connectivity index (χ2v) is 3.98. The molecule has 0 aliphatic carbocycles. The fourth-order valence-corrected chi connectivity index (χ4v) is 1.13. The summed E-state index contributed by atoms with van der Waals surface area (Å²) in [5.41, 5.74) is 4.49. The van der Waals surface area contributed by atoms with Crippen LogP contribution in [0.5, 0.6) is 0 Å². The molecule has 14 heavy (non-hydrogen) atoms. The summed E-state index contributed by atoms with van der Waals surface area (Å²) in [6.07, 6.45) is 2.18. The largest absolute Gasteiger partial charge is 0.368 e. The zero-order chi connectivity index (χ0) is 10.6. The summed E-state index contributed by atoms with van der Waals surface area (Å²) < 4.78 is 0. The Morgan fingerprint density at radius 2 is 2.29 bits per heavy atom. The highest BCUT2D eigenvalue weighted by Crippen LogP contribution is 2.01. The summed E-state index contributed by atoms with van der Waals surface area (Å²) in [4.78, 5) is 15.3. The number of nitrogens with zero attached hydrogens (tertiary/aromatic N) is 1. The Morgan fingerprint density at radius 1 is 1.57 bits per heavy atom. The van der Waals surface area contributed by atoms with Gasteiger partial charge in [-0.15, -0.1) is 0 Å². The number of guanidine groups is 1. The quantitative estimate of drug-likeness (QED) is 0.564. The second-order valence-electron chi connectivity index (χ2n) is 3.98. The van der Waals surface area contributed by atoms with E-state index in [4.69, 9.17) is 5.73 Å². The number of carbonyl (C=O) groups is 1. The van der Waals surface area contributed by atoms with Gasteiger partial charge in [-0.1, -0.05) is 0 Å². The maximum absolute atomic E-state index is 11.1. The molecule has 4 N–H and O–H groups in total. The van der Waals surface area contributed by atoms with Crippen molar-refractivity contribution in [3.8, 4) is 0 Å². The molecule has 0 atom stereocenters. The highest BCUT2D eigenvalue weighted by Gasteiger charge is 2.25. The van der Waals surface area contributed by atoms with Crippen LogP contribution in [-0.2, 0) is 4.79 Å². The van der Waals surface area contributed by atoms with Gasteiger partial charge >= 0.3 is 0 Å². The molecule has 0 bridgehead atoms. The fourth-order valence-electron chi connectivity index (χ4n) is 1.13. The highest BCUT2D eigenvalue weighted by molar-refractivity contribution is 5.90. The molecule has 1 amide bonds. The Morgan fingerprint density at radius 3 is 2.93 bits per heavy atom. The van der Waals surface area contributed by atoms with Crippen LogP contribution in [0.2, 0.25) is 0 Å². The molecule has 0 aromatic rings. The van der Waals surface area contributed by atoms with Gasteiger partial charge < -0.3 is 16.4 Å². The molecule has 0 saturated heterocycles. The maximum atomic E-state index is 11.1. The predicted octanol–water partition coefficient (Wildman–Crippen LogP) is -0.421. The minimum atomic E-state index is -0.754. The van der Waals surface area contributed by atoms with Crippen LogP contribution in [0, 0.1) is 0 Å². The summed E-state index contributed by atoms with van der Waals surface area (Å²) in [5, 5.41) is 6.12. The van der Waals surface area contributed by atoms with E-state index < -0.39 is 5.54 Å². The van der Waals surface area contributed by atoms with Crippen molar-refractivity contribution in [3.05, 3.63) is 0 Å². The van der Waals surface area contributed by atoms with E-state index in [2.05, 4.69) is 15.6 Å². The summed E-state index contributed by atoms with van der Waals surface area (Å²) in [6, 6.07) is 0. The normalized spacial score (nSPS) is 17.7. The van der Waals surface area contributed by atoms with Crippen LogP contribution >= 0.6 is 0 Å². The van der Waals surface area contributed by atoms with Gasteiger partial charge in [0, 0.05) is 13.1 Å². The summed E-state index contributed by atoms with van der Waals surface area (Å²) >= 11 is 0. The lowest BCUT2D eigenvalue weighted by Gasteiger charge is -2.24.